The molecule has 0 aliphatic rings. The maximum Gasteiger partial charge on any atom is 0.181 e. The minimum absolute atomic E-state index is 0.0109. The van der Waals surface area contributed by atoms with Crippen LogP contribution in [0.4, 0.5) is 4.39 Å². The lowest BCUT2D eigenvalue weighted by molar-refractivity contribution is 0.102. The Bertz CT molecular complexity index is 710. The van der Waals surface area contributed by atoms with E-state index in [1.54, 1.807) is 12.1 Å². The lowest BCUT2D eigenvalue weighted by atomic mass is 9.99. The number of thiophene rings is 1. The lowest BCUT2D eigenvalue weighted by Crippen LogP contribution is -2.03. The molecule has 2 rings (SSSR count). The summed E-state index contributed by atoms with van der Waals surface area (Å²) in [6.07, 6.45) is 0.158. The van der Waals surface area contributed by atoms with Crippen molar-refractivity contribution in [1.82, 2.24) is 0 Å². The first-order valence-electron chi connectivity index (χ1n) is 7.11. The van der Waals surface area contributed by atoms with Gasteiger partial charge in [0.05, 0.1) is 18.1 Å². The zero-order chi connectivity index (χ0) is 17.1. The highest BCUT2D eigenvalue weighted by Crippen LogP contribution is 2.41. The monoisotopic (exact) mass is 358 g/mol. The highest BCUT2D eigenvalue weighted by molar-refractivity contribution is 7.48. The van der Waals surface area contributed by atoms with Crippen LogP contribution in [-0.2, 0) is 9.05 Å². The molecule has 0 N–H and O–H groups in total. The van der Waals surface area contributed by atoms with Crippen LogP contribution in [0.5, 0.6) is 5.75 Å². The number of carbonyl (C=O) groups is 1. The molecule has 1 heterocycles. The van der Waals surface area contributed by atoms with E-state index in [1.807, 2.05) is 13.8 Å². The molecule has 1 aromatic heterocycles. The molecule has 23 heavy (non-hydrogen) atoms. The van der Waals surface area contributed by atoms with Gasteiger partial charge in [0, 0.05) is 29.9 Å². The molecule has 0 saturated heterocycles. The summed E-state index contributed by atoms with van der Waals surface area (Å²) in [4.78, 5) is 12.8. The van der Waals surface area contributed by atoms with Gasteiger partial charge in [-0.2, -0.15) is 0 Å². The van der Waals surface area contributed by atoms with Crippen LogP contribution in [-0.4, -0.2) is 33.3 Å². The molecule has 0 fully saturated rings. The number of carbonyl (C=O) groups excluding carboxylic acids is 1. The topological polar surface area (TPSA) is 44.8 Å². The van der Waals surface area contributed by atoms with Crippen molar-refractivity contribution in [3.8, 4) is 5.75 Å². The third-order valence-corrected chi connectivity index (χ3v) is 6.00. The first-order chi connectivity index (χ1) is 10.9. The lowest BCUT2D eigenvalue weighted by Gasteiger charge is -2.13. The highest BCUT2D eigenvalue weighted by atomic mass is 32.1. The molecule has 0 aliphatic heterocycles. The number of halogens is 1. The van der Waals surface area contributed by atoms with Gasteiger partial charge in [0.15, 0.2) is 14.2 Å². The average Bonchev–Trinajstić information content (AvgIpc) is 2.96. The summed E-state index contributed by atoms with van der Waals surface area (Å²) in [6.45, 7) is 3.82. The van der Waals surface area contributed by atoms with Crippen molar-refractivity contribution >= 4 is 35.6 Å². The number of hydrogen-bond acceptors (Lipinski definition) is 5. The van der Waals surface area contributed by atoms with E-state index in [0.717, 1.165) is 0 Å². The van der Waals surface area contributed by atoms with Crippen LogP contribution in [0.2, 0.25) is 0 Å². The van der Waals surface area contributed by atoms with Gasteiger partial charge in [-0.3, -0.25) is 4.79 Å². The summed E-state index contributed by atoms with van der Waals surface area (Å²) in [5.41, 5.74) is 0.535. The van der Waals surface area contributed by atoms with E-state index < -0.39 is 8.38 Å². The predicted octanol–water partition coefficient (Wildman–Crippen LogP) is 4.96. The third-order valence-electron chi connectivity index (χ3n) is 3.51. The zero-order valence-corrected chi connectivity index (χ0v) is 15.5. The van der Waals surface area contributed by atoms with Gasteiger partial charge in [0.25, 0.3) is 0 Å². The van der Waals surface area contributed by atoms with Gasteiger partial charge >= 0.3 is 0 Å². The average molecular weight is 358 g/mol. The Labute approximate surface area is 140 Å². The van der Waals surface area contributed by atoms with E-state index in [9.17, 15) is 9.18 Å². The Balaban J connectivity index is 2.46. The van der Waals surface area contributed by atoms with Gasteiger partial charge in [0.1, 0.15) is 11.6 Å². The van der Waals surface area contributed by atoms with Crippen LogP contribution in [0.3, 0.4) is 0 Å². The number of benzene rings is 1. The van der Waals surface area contributed by atoms with Crippen molar-refractivity contribution < 1.29 is 23.0 Å². The van der Waals surface area contributed by atoms with Crippen LogP contribution in [0.25, 0.3) is 10.1 Å². The number of rotatable bonds is 7. The largest absolute Gasteiger partial charge is 0.496 e. The highest BCUT2D eigenvalue weighted by Gasteiger charge is 2.22. The zero-order valence-electron chi connectivity index (χ0n) is 13.8. The third kappa shape index (κ3) is 3.72. The number of fused-ring (bicyclic) bond motifs is 1. The fourth-order valence-corrected chi connectivity index (χ4v) is 4.32. The molecule has 0 atom stereocenters. The fourth-order valence-electron chi connectivity index (χ4n) is 2.38. The number of ketones is 1. The Morgan fingerprint density at radius 2 is 1.91 bits per heavy atom. The van der Waals surface area contributed by atoms with Crippen molar-refractivity contribution in [2.45, 2.75) is 19.8 Å². The Morgan fingerprint density at radius 1 is 1.26 bits per heavy atom. The van der Waals surface area contributed by atoms with E-state index in [-0.39, 0.29) is 23.7 Å². The van der Waals surface area contributed by atoms with Gasteiger partial charge in [-0.05, 0) is 18.1 Å². The molecule has 0 bridgehead atoms. The minimum Gasteiger partial charge on any atom is -0.496 e. The number of methoxy groups -OCH3 is 1. The van der Waals surface area contributed by atoms with Crippen molar-refractivity contribution in [2.24, 2.45) is 0 Å². The van der Waals surface area contributed by atoms with Crippen molar-refractivity contribution in [3.05, 3.63) is 28.4 Å². The molecule has 0 unspecified atom stereocenters. The summed E-state index contributed by atoms with van der Waals surface area (Å²) in [5.74, 6) is 0.0842. The second-order valence-corrected chi connectivity index (χ2v) is 8.06. The van der Waals surface area contributed by atoms with Crippen LogP contribution in [0.1, 0.15) is 35.0 Å². The van der Waals surface area contributed by atoms with Crippen LogP contribution in [0.15, 0.2) is 12.1 Å². The quantitative estimate of drug-likeness (QED) is 0.518. The summed E-state index contributed by atoms with van der Waals surface area (Å²) in [6, 6.07) is 3.41. The predicted molar refractivity (Wildman–Crippen MR) is 92.6 cm³/mol. The van der Waals surface area contributed by atoms with E-state index in [2.05, 4.69) is 0 Å². The van der Waals surface area contributed by atoms with Gasteiger partial charge in [-0.1, -0.05) is 13.8 Å². The van der Waals surface area contributed by atoms with E-state index in [4.69, 9.17) is 13.8 Å². The van der Waals surface area contributed by atoms with Gasteiger partial charge in [-0.25, -0.2) is 4.39 Å². The molecule has 0 amide bonds. The van der Waals surface area contributed by atoms with E-state index in [0.29, 0.717) is 26.3 Å². The Hall–Kier alpha value is -1.07. The van der Waals surface area contributed by atoms with Crippen molar-refractivity contribution in [1.29, 1.82) is 0 Å². The molecule has 7 heteroatoms. The summed E-state index contributed by atoms with van der Waals surface area (Å²) in [5, 5.41) is 0.460. The molecule has 126 valence electrons. The minimum atomic E-state index is -1.24. The standard InChI is InChI=1S/C16H20FO4PS/c1-9(2)15-12(19-3)7-13-10(16(15)17)6-14(23-13)11(18)8-22(20-4)21-5/h6-7,9H,8H2,1-5H3. The van der Waals surface area contributed by atoms with E-state index in [1.165, 1.54) is 32.7 Å². The molecular weight excluding hydrogens is 338 g/mol. The maximum atomic E-state index is 14.8. The smallest absolute Gasteiger partial charge is 0.181 e. The fraction of sp³-hybridized carbons (Fsp3) is 0.438. The van der Waals surface area contributed by atoms with Crippen molar-refractivity contribution in [2.75, 3.05) is 27.5 Å². The SMILES string of the molecule is COc1cc2sc(C(=O)CP(OC)OC)cc2c(F)c1C(C)C. The molecule has 4 nitrogen and oxygen atoms in total. The van der Waals surface area contributed by atoms with Gasteiger partial charge in [-0.15, -0.1) is 11.3 Å². The first kappa shape index (κ1) is 18.3. The molecular formula is C16H20FO4PS. The van der Waals surface area contributed by atoms with Crippen molar-refractivity contribution in [3.63, 3.8) is 0 Å². The second kappa shape index (κ2) is 7.67. The van der Waals surface area contributed by atoms with Crippen LogP contribution in [0, 0.1) is 5.82 Å². The summed E-state index contributed by atoms with van der Waals surface area (Å²) < 4.78 is 31.0. The molecule has 0 saturated carbocycles. The van der Waals surface area contributed by atoms with Gasteiger partial charge < -0.3 is 13.8 Å². The number of ether oxygens (including phenoxy) is 1. The molecule has 0 spiro atoms. The summed E-state index contributed by atoms with van der Waals surface area (Å²) >= 11 is 1.26. The molecule has 0 aliphatic carbocycles. The Morgan fingerprint density at radius 3 is 2.43 bits per heavy atom. The molecule has 1 aromatic carbocycles. The second-order valence-electron chi connectivity index (χ2n) is 5.26. The van der Waals surface area contributed by atoms with Gasteiger partial charge in [0.2, 0.25) is 0 Å². The van der Waals surface area contributed by atoms with Crippen LogP contribution < -0.4 is 4.74 Å². The number of hydrogen-bond donors (Lipinski definition) is 0. The Kier molecular flexibility index (Phi) is 6.09. The molecule has 2 aromatic rings. The maximum absolute atomic E-state index is 14.8. The van der Waals surface area contributed by atoms with Crippen LogP contribution >= 0.6 is 19.7 Å². The summed E-state index contributed by atoms with van der Waals surface area (Å²) in [7, 11) is 3.29. The first-order valence-corrected chi connectivity index (χ1v) is 9.29. The number of Topliss-reactive ketones (excluding diaryl/α,β-unsaturated/α-hetero) is 1. The normalized spacial score (nSPS) is 11.7. The molecule has 0 radical (unpaired) electrons. The van der Waals surface area contributed by atoms with E-state index >= 15 is 0 Å².